The molecule has 0 heterocycles. The van der Waals surface area contributed by atoms with Gasteiger partial charge in [-0.25, -0.2) is 0 Å². The summed E-state index contributed by atoms with van der Waals surface area (Å²) in [6.07, 6.45) is 11.8. The standard InChI is InChI=1S/C12H18O/c13-9-3-5-11-8-7-10-4-1-2-6-12(10)11/h1-2,11,13H,3-9H2. The van der Waals surface area contributed by atoms with Gasteiger partial charge >= 0.3 is 0 Å². The van der Waals surface area contributed by atoms with E-state index in [1.165, 1.54) is 32.1 Å². The highest BCUT2D eigenvalue weighted by Crippen LogP contribution is 2.40. The number of rotatable bonds is 3. The van der Waals surface area contributed by atoms with Crippen molar-refractivity contribution in [3.63, 3.8) is 0 Å². The highest BCUT2D eigenvalue weighted by molar-refractivity contribution is 5.30. The molecule has 72 valence electrons. The molecule has 0 saturated carbocycles. The van der Waals surface area contributed by atoms with Gasteiger partial charge in [-0.3, -0.25) is 0 Å². The van der Waals surface area contributed by atoms with Crippen LogP contribution in [-0.4, -0.2) is 11.7 Å². The molecule has 0 saturated heterocycles. The van der Waals surface area contributed by atoms with Gasteiger partial charge in [0.05, 0.1) is 0 Å². The van der Waals surface area contributed by atoms with E-state index in [9.17, 15) is 0 Å². The van der Waals surface area contributed by atoms with Crippen LogP contribution in [0.2, 0.25) is 0 Å². The summed E-state index contributed by atoms with van der Waals surface area (Å²) in [4.78, 5) is 0. The first kappa shape index (κ1) is 9.01. The summed E-state index contributed by atoms with van der Waals surface area (Å²) >= 11 is 0. The first-order valence-corrected chi connectivity index (χ1v) is 5.38. The Morgan fingerprint density at radius 3 is 3.00 bits per heavy atom. The maximum Gasteiger partial charge on any atom is 0.0431 e. The van der Waals surface area contributed by atoms with Crippen molar-refractivity contribution >= 4 is 0 Å². The zero-order chi connectivity index (χ0) is 9.10. The number of allylic oxidation sites excluding steroid dienone is 4. The lowest BCUT2D eigenvalue weighted by Crippen LogP contribution is -2.02. The van der Waals surface area contributed by atoms with E-state index >= 15 is 0 Å². The number of hydrogen-bond donors (Lipinski definition) is 1. The summed E-state index contributed by atoms with van der Waals surface area (Å²) in [6, 6.07) is 0. The van der Waals surface area contributed by atoms with Crippen LogP contribution in [0.3, 0.4) is 0 Å². The average molecular weight is 178 g/mol. The Bertz CT molecular complexity index is 238. The van der Waals surface area contributed by atoms with Crippen LogP contribution in [0.5, 0.6) is 0 Å². The molecule has 0 aromatic heterocycles. The van der Waals surface area contributed by atoms with Crippen molar-refractivity contribution in [2.24, 2.45) is 5.92 Å². The molecule has 2 rings (SSSR count). The van der Waals surface area contributed by atoms with Crippen molar-refractivity contribution in [1.29, 1.82) is 0 Å². The first-order chi connectivity index (χ1) is 6.42. The Morgan fingerprint density at radius 1 is 1.31 bits per heavy atom. The van der Waals surface area contributed by atoms with E-state index in [2.05, 4.69) is 12.2 Å². The van der Waals surface area contributed by atoms with E-state index < -0.39 is 0 Å². The zero-order valence-electron chi connectivity index (χ0n) is 8.13. The molecule has 13 heavy (non-hydrogen) atoms. The van der Waals surface area contributed by atoms with Crippen molar-refractivity contribution in [1.82, 2.24) is 0 Å². The number of aliphatic hydroxyl groups excluding tert-OH is 1. The van der Waals surface area contributed by atoms with E-state index in [-0.39, 0.29) is 0 Å². The largest absolute Gasteiger partial charge is 0.396 e. The van der Waals surface area contributed by atoms with Crippen LogP contribution >= 0.6 is 0 Å². The lowest BCUT2D eigenvalue weighted by Gasteiger charge is -2.15. The number of hydrogen-bond acceptors (Lipinski definition) is 1. The topological polar surface area (TPSA) is 20.2 Å². The molecule has 0 fully saturated rings. The molecule has 2 aliphatic carbocycles. The summed E-state index contributed by atoms with van der Waals surface area (Å²) in [5.41, 5.74) is 3.40. The van der Waals surface area contributed by atoms with Crippen molar-refractivity contribution in [3.8, 4) is 0 Å². The van der Waals surface area contributed by atoms with Crippen molar-refractivity contribution in [3.05, 3.63) is 23.3 Å². The lowest BCUT2D eigenvalue weighted by molar-refractivity contribution is 0.275. The maximum absolute atomic E-state index is 8.79. The third kappa shape index (κ3) is 1.86. The summed E-state index contributed by atoms with van der Waals surface area (Å²) in [7, 11) is 0. The molecule has 2 aliphatic rings. The minimum Gasteiger partial charge on any atom is -0.396 e. The second-order valence-electron chi connectivity index (χ2n) is 4.11. The van der Waals surface area contributed by atoms with Crippen molar-refractivity contribution < 1.29 is 5.11 Å². The molecule has 0 aromatic rings. The Kier molecular flexibility index (Phi) is 2.84. The van der Waals surface area contributed by atoms with Crippen LogP contribution in [0.15, 0.2) is 23.3 Å². The van der Waals surface area contributed by atoms with Gasteiger partial charge in [-0.15, -0.1) is 0 Å². The van der Waals surface area contributed by atoms with Gasteiger partial charge < -0.3 is 5.11 Å². The minimum atomic E-state index is 0.356. The van der Waals surface area contributed by atoms with Gasteiger partial charge in [0.15, 0.2) is 0 Å². The fourth-order valence-electron chi connectivity index (χ4n) is 2.61. The van der Waals surface area contributed by atoms with Crippen molar-refractivity contribution in [2.75, 3.05) is 6.61 Å². The first-order valence-electron chi connectivity index (χ1n) is 5.38. The smallest absolute Gasteiger partial charge is 0.0431 e. The van der Waals surface area contributed by atoms with Gasteiger partial charge in [-0.2, -0.15) is 0 Å². The molecule has 1 nitrogen and oxygen atoms in total. The minimum absolute atomic E-state index is 0.356. The molecule has 1 N–H and O–H groups in total. The van der Waals surface area contributed by atoms with Gasteiger partial charge in [0, 0.05) is 6.61 Å². The summed E-state index contributed by atoms with van der Waals surface area (Å²) in [5, 5.41) is 8.79. The highest BCUT2D eigenvalue weighted by Gasteiger charge is 2.24. The molecule has 0 aromatic carbocycles. The second kappa shape index (κ2) is 4.10. The quantitative estimate of drug-likeness (QED) is 0.659. The van der Waals surface area contributed by atoms with Gasteiger partial charge in [-0.05, 0) is 44.4 Å². The van der Waals surface area contributed by atoms with Crippen LogP contribution in [0, 0.1) is 5.92 Å². The predicted molar refractivity (Wildman–Crippen MR) is 54.4 cm³/mol. The highest BCUT2D eigenvalue weighted by atomic mass is 16.2. The Balaban J connectivity index is 1.96. The van der Waals surface area contributed by atoms with Crippen LogP contribution < -0.4 is 0 Å². The molecular formula is C12H18O. The van der Waals surface area contributed by atoms with Crippen molar-refractivity contribution in [2.45, 2.75) is 38.5 Å². The molecule has 0 aliphatic heterocycles. The van der Waals surface area contributed by atoms with E-state index in [1.807, 2.05) is 0 Å². The summed E-state index contributed by atoms with van der Waals surface area (Å²) in [5.74, 6) is 0.798. The molecule has 1 atom stereocenters. The third-order valence-corrected chi connectivity index (χ3v) is 3.32. The molecule has 0 bridgehead atoms. The van der Waals surface area contributed by atoms with Crippen LogP contribution in [0.4, 0.5) is 0 Å². The van der Waals surface area contributed by atoms with Gasteiger partial charge in [0.1, 0.15) is 0 Å². The molecule has 1 unspecified atom stereocenters. The summed E-state index contributed by atoms with van der Waals surface area (Å²) < 4.78 is 0. The lowest BCUT2D eigenvalue weighted by atomic mass is 9.90. The molecule has 0 amide bonds. The van der Waals surface area contributed by atoms with Gasteiger partial charge in [-0.1, -0.05) is 23.3 Å². The average Bonchev–Trinajstić information content (AvgIpc) is 2.58. The fourth-order valence-corrected chi connectivity index (χ4v) is 2.61. The second-order valence-corrected chi connectivity index (χ2v) is 4.11. The SMILES string of the molecule is OCCCC1CCC2=C1CC=CC2. The normalized spacial score (nSPS) is 26.7. The van der Waals surface area contributed by atoms with E-state index in [1.54, 1.807) is 11.1 Å². The van der Waals surface area contributed by atoms with Crippen LogP contribution in [0.1, 0.15) is 38.5 Å². The molecule has 0 spiro atoms. The summed E-state index contributed by atoms with van der Waals surface area (Å²) in [6.45, 7) is 0.356. The fraction of sp³-hybridized carbons (Fsp3) is 0.667. The molecule has 0 radical (unpaired) electrons. The van der Waals surface area contributed by atoms with E-state index in [0.717, 1.165) is 12.3 Å². The van der Waals surface area contributed by atoms with Gasteiger partial charge in [0.2, 0.25) is 0 Å². The molecule has 1 heteroatoms. The Hall–Kier alpha value is -0.560. The van der Waals surface area contributed by atoms with Crippen LogP contribution in [0.25, 0.3) is 0 Å². The van der Waals surface area contributed by atoms with E-state index in [0.29, 0.717) is 6.61 Å². The van der Waals surface area contributed by atoms with E-state index in [4.69, 9.17) is 5.11 Å². The van der Waals surface area contributed by atoms with Crippen LogP contribution in [-0.2, 0) is 0 Å². The monoisotopic (exact) mass is 178 g/mol. The Labute approximate surface area is 80.2 Å². The third-order valence-electron chi connectivity index (χ3n) is 3.32. The predicted octanol–water partition coefficient (Wildman–Crippen LogP) is 2.82. The zero-order valence-corrected chi connectivity index (χ0v) is 8.13. The van der Waals surface area contributed by atoms with Gasteiger partial charge in [0.25, 0.3) is 0 Å². The maximum atomic E-state index is 8.79. The Morgan fingerprint density at radius 2 is 2.15 bits per heavy atom. The number of aliphatic hydroxyl groups is 1. The molecular weight excluding hydrogens is 160 g/mol.